The van der Waals surface area contributed by atoms with Crippen LogP contribution in [0.2, 0.25) is 0 Å². The van der Waals surface area contributed by atoms with Gasteiger partial charge in [-0.05, 0) is 62.4 Å². The zero-order valence-electron chi connectivity index (χ0n) is 15.0. The molecule has 0 aromatic heterocycles. The third-order valence-corrected chi connectivity index (χ3v) is 5.23. The van der Waals surface area contributed by atoms with E-state index in [0.717, 1.165) is 56.7 Å². The van der Waals surface area contributed by atoms with E-state index in [1.54, 1.807) is 0 Å². The number of hydrogen-bond donors (Lipinski definition) is 2. The van der Waals surface area contributed by atoms with E-state index < -0.39 is 0 Å². The summed E-state index contributed by atoms with van der Waals surface area (Å²) in [6, 6.07) is 5.58. The van der Waals surface area contributed by atoms with Crippen LogP contribution in [0.15, 0.2) is 18.2 Å². The van der Waals surface area contributed by atoms with E-state index in [1.807, 2.05) is 30.0 Å². The van der Waals surface area contributed by atoms with Crippen molar-refractivity contribution in [1.29, 1.82) is 0 Å². The molecule has 2 aliphatic rings. The number of rotatable bonds is 3. The molecule has 0 aliphatic carbocycles. The van der Waals surface area contributed by atoms with E-state index in [2.05, 4.69) is 17.6 Å². The first-order valence-corrected chi connectivity index (χ1v) is 8.96. The molecule has 2 N–H and O–H groups in total. The van der Waals surface area contributed by atoms with E-state index in [-0.39, 0.29) is 30.1 Å². The number of aryl methyl sites for hydroxylation is 1. The Balaban J connectivity index is 0.00000225. The standard InChI is InChI=1S/C19H27N3O2.ClH/c1-13-6-9-22(10-7-13)19(24)15-3-4-17(14(2)11-15)21-18(23)16-5-8-20-12-16;/h3-4,11,13,16,20H,5-10,12H2,1-2H3,(H,21,23);1H. The zero-order valence-corrected chi connectivity index (χ0v) is 15.8. The first-order chi connectivity index (χ1) is 11.5. The molecule has 0 spiro atoms. The molecule has 0 bridgehead atoms. The molecule has 2 aliphatic heterocycles. The van der Waals surface area contributed by atoms with Crippen molar-refractivity contribution >= 4 is 29.9 Å². The maximum Gasteiger partial charge on any atom is 0.253 e. The van der Waals surface area contributed by atoms with Crippen LogP contribution in [0.25, 0.3) is 0 Å². The number of hydrogen-bond acceptors (Lipinski definition) is 3. The van der Waals surface area contributed by atoms with Crippen LogP contribution < -0.4 is 10.6 Å². The quantitative estimate of drug-likeness (QED) is 0.865. The lowest BCUT2D eigenvalue weighted by Gasteiger charge is -2.30. The number of nitrogens with one attached hydrogen (secondary N) is 2. The van der Waals surface area contributed by atoms with Gasteiger partial charge in [-0.25, -0.2) is 0 Å². The molecule has 2 fully saturated rings. The van der Waals surface area contributed by atoms with E-state index in [0.29, 0.717) is 11.5 Å². The minimum atomic E-state index is 0. The van der Waals surface area contributed by atoms with Gasteiger partial charge in [-0.2, -0.15) is 0 Å². The van der Waals surface area contributed by atoms with Crippen molar-refractivity contribution in [3.63, 3.8) is 0 Å². The fourth-order valence-electron chi connectivity index (χ4n) is 3.44. The number of likely N-dealkylation sites (tertiary alicyclic amines) is 1. The fourth-order valence-corrected chi connectivity index (χ4v) is 3.44. The van der Waals surface area contributed by atoms with Gasteiger partial charge in [-0.1, -0.05) is 6.92 Å². The predicted octanol–water partition coefficient (Wildman–Crippen LogP) is 2.84. The number of halogens is 1. The Kier molecular flexibility index (Phi) is 6.85. The Labute approximate surface area is 155 Å². The van der Waals surface area contributed by atoms with E-state index in [4.69, 9.17) is 0 Å². The molecule has 3 rings (SSSR count). The molecule has 2 amide bonds. The number of carbonyl (C=O) groups excluding carboxylic acids is 2. The number of anilines is 1. The highest BCUT2D eigenvalue weighted by atomic mass is 35.5. The van der Waals surface area contributed by atoms with Crippen molar-refractivity contribution in [2.45, 2.75) is 33.1 Å². The lowest BCUT2D eigenvalue weighted by molar-refractivity contribution is -0.119. The number of nitrogens with zero attached hydrogens (tertiary/aromatic N) is 1. The first-order valence-electron chi connectivity index (χ1n) is 8.96. The van der Waals surface area contributed by atoms with Crippen LogP contribution in [-0.4, -0.2) is 42.9 Å². The third kappa shape index (κ3) is 4.73. The van der Waals surface area contributed by atoms with E-state index in [9.17, 15) is 9.59 Å². The van der Waals surface area contributed by atoms with Crippen LogP contribution >= 0.6 is 12.4 Å². The lowest BCUT2D eigenvalue weighted by Crippen LogP contribution is -2.37. The van der Waals surface area contributed by atoms with Gasteiger partial charge in [-0.15, -0.1) is 12.4 Å². The van der Waals surface area contributed by atoms with Gasteiger partial charge in [0.15, 0.2) is 0 Å². The van der Waals surface area contributed by atoms with Gasteiger partial charge in [0.05, 0.1) is 5.92 Å². The Morgan fingerprint density at radius 2 is 1.92 bits per heavy atom. The minimum absolute atomic E-state index is 0. The largest absolute Gasteiger partial charge is 0.339 e. The molecule has 5 nitrogen and oxygen atoms in total. The van der Waals surface area contributed by atoms with Crippen LogP contribution in [0.3, 0.4) is 0 Å². The molecule has 1 aromatic carbocycles. The summed E-state index contributed by atoms with van der Waals surface area (Å²) in [6.07, 6.45) is 3.04. The van der Waals surface area contributed by atoms with Gasteiger partial charge < -0.3 is 15.5 Å². The average molecular weight is 366 g/mol. The summed E-state index contributed by atoms with van der Waals surface area (Å²) < 4.78 is 0. The second kappa shape index (κ2) is 8.68. The number of piperidine rings is 1. The monoisotopic (exact) mass is 365 g/mol. The summed E-state index contributed by atoms with van der Waals surface area (Å²) in [6.45, 7) is 7.51. The smallest absolute Gasteiger partial charge is 0.253 e. The number of benzene rings is 1. The molecular formula is C19H28ClN3O2. The molecule has 1 atom stereocenters. The fraction of sp³-hybridized carbons (Fsp3) is 0.579. The van der Waals surface area contributed by atoms with Crippen LogP contribution in [-0.2, 0) is 4.79 Å². The number of carbonyl (C=O) groups is 2. The molecule has 1 unspecified atom stereocenters. The van der Waals surface area contributed by atoms with Crippen molar-refractivity contribution in [3.05, 3.63) is 29.3 Å². The summed E-state index contributed by atoms with van der Waals surface area (Å²) >= 11 is 0. The highest BCUT2D eigenvalue weighted by Crippen LogP contribution is 2.22. The van der Waals surface area contributed by atoms with Crippen molar-refractivity contribution in [3.8, 4) is 0 Å². The molecule has 2 saturated heterocycles. The van der Waals surface area contributed by atoms with Crippen molar-refractivity contribution in [1.82, 2.24) is 10.2 Å². The molecule has 2 heterocycles. The lowest BCUT2D eigenvalue weighted by atomic mass is 9.98. The Hall–Kier alpha value is -1.59. The Morgan fingerprint density at radius 1 is 1.20 bits per heavy atom. The third-order valence-electron chi connectivity index (χ3n) is 5.23. The molecule has 25 heavy (non-hydrogen) atoms. The molecule has 6 heteroatoms. The Bertz CT molecular complexity index is 621. The topological polar surface area (TPSA) is 61.4 Å². The predicted molar refractivity (Wildman–Crippen MR) is 102 cm³/mol. The highest BCUT2D eigenvalue weighted by molar-refractivity contribution is 5.97. The average Bonchev–Trinajstić information content (AvgIpc) is 3.11. The molecule has 138 valence electrons. The second-order valence-corrected chi connectivity index (χ2v) is 7.18. The van der Waals surface area contributed by atoms with Gasteiger partial charge in [0.1, 0.15) is 0 Å². The Morgan fingerprint density at radius 3 is 2.52 bits per heavy atom. The van der Waals surface area contributed by atoms with Crippen LogP contribution in [0.4, 0.5) is 5.69 Å². The molecule has 0 saturated carbocycles. The van der Waals surface area contributed by atoms with Gasteiger partial charge in [0, 0.05) is 30.9 Å². The van der Waals surface area contributed by atoms with Crippen LogP contribution in [0, 0.1) is 18.8 Å². The second-order valence-electron chi connectivity index (χ2n) is 7.18. The summed E-state index contributed by atoms with van der Waals surface area (Å²) in [5.41, 5.74) is 2.45. The van der Waals surface area contributed by atoms with Gasteiger partial charge in [0.2, 0.25) is 5.91 Å². The molecule has 0 radical (unpaired) electrons. The van der Waals surface area contributed by atoms with Gasteiger partial charge >= 0.3 is 0 Å². The van der Waals surface area contributed by atoms with Crippen molar-refractivity contribution in [2.24, 2.45) is 11.8 Å². The van der Waals surface area contributed by atoms with Crippen LogP contribution in [0.5, 0.6) is 0 Å². The maximum absolute atomic E-state index is 12.6. The summed E-state index contributed by atoms with van der Waals surface area (Å²) in [4.78, 5) is 26.8. The normalized spacial score (nSPS) is 20.9. The van der Waals surface area contributed by atoms with Gasteiger partial charge in [0.25, 0.3) is 5.91 Å². The first kappa shape index (κ1) is 19.7. The van der Waals surface area contributed by atoms with E-state index >= 15 is 0 Å². The minimum Gasteiger partial charge on any atom is -0.339 e. The van der Waals surface area contributed by atoms with Crippen molar-refractivity contribution < 1.29 is 9.59 Å². The molecular weight excluding hydrogens is 338 g/mol. The van der Waals surface area contributed by atoms with E-state index in [1.165, 1.54) is 0 Å². The SMILES string of the molecule is Cc1cc(C(=O)N2CCC(C)CC2)ccc1NC(=O)C1CCNC1.Cl. The molecule has 1 aromatic rings. The van der Waals surface area contributed by atoms with Gasteiger partial charge in [-0.3, -0.25) is 9.59 Å². The highest BCUT2D eigenvalue weighted by Gasteiger charge is 2.24. The zero-order chi connectivity index (χ0) is 17.1. The maximum atomic E-state index is 12.6. The van der Waals surface area contributed by atoms with Crippen LogP contribution in [0.1, 0.15) is 42.1 Å². The summed E-state index contributed by atoms with van der Waals surface area (Å²) in [5.74, 6) is 0.912. The summed E-state index contributed by atoms with van der Waals surface area (Å²) in [7, 11) is 0. The van der Waals surface area contributed by atoms with Crippen molar-refractivity contribution in [2.75, 3.05) is 31.5 Å². The number of amides is 2. The summed E-state index contributed by atoms with van der Waals surface area (Å²) in [5, 5.41) is 6.21.